The number of morpholine rings is 1. The van der Waals surface area contributed by atoms with E-state index in [1.807, 2.05) is 24.3 Å². The number of nitrogens with one attached hydrogen (secondary N) is 1. The maximum atomic E-state index is 12.7. The molecule has 1 amide bonds. The van der Waals surface area contributed by atoms with Gasteiger partial charge in [-0.1, -0.05) is 6.07 Å². The van der Waals surface area contributed by atoms with Crippen LogP contribution >= 0.6 is 11.3 Å². The van der Waals surface area contributed by atoms with Crippen molar-refractivity contribution in [2.75, 3.05) is 44.4 Å². The number of rotatable bonds is 5. The molecule has 2 aromatic heterocycles. The molecule has 2 fully saturated rings. The van der Waals surface area contributed by atoms with E-state index in [0.29, 0.717) is 24.6 Å². The van der Waals surface area contributed by atoms with Gasteiger partial charge >= 0.3 is 0 Å². The Balaban J connectivity index is 1.56. The molecule has 26 heavy (non-hydrogen) atoms. The van der Waals surface area contributed by atoms with E-state index in [-0.39, 0.29) is 12.0 Å². The quantitative estimate of drug-likeness (QED) is 0.873. The zero-order valence-corrected chi connectivity index (χ0v) is 15.5. The summed E-state index contributed by atoms with van der Waals surface area (Å²) in [5.74, 6) is -0.0396. The molecule has 1 unspecified atom stereocenters. The molecule has 0 aliphatic carbocycles. The molecule has 138 valence electrons. The third-order valence-electron chi connectivity index (χ3n) is 4.69. The molecule has 2 aromatic rings. The number of aromatic nitrogens is 1. The number of nitrogens with zero attached hydrogens (tertiary/aromatic N) is 2. The fourth-order valence-electron chi connectivity index (χ4n) is 3.30. The molecule has 0 spiro atoms. The number of ether oxygens (including phenoxy) is 2. The van der Waals surface area contributed by atoms with E-state index < -0.39 is 0 Å². The third-order valence-corrected chi connectivity index (χ3v) is 5.88. The van der Waals surface area contributed by atoms with Crippen LogP contribution in [0.2, 0.25) is 0 Å². The Morgan fingerprint density at radius 2 is 2.19 bits per heavy atom. The first-order chi connectivity index (χ1) is 12.8. The zero-order chi connectivity index (χ0) is 17.8. The second-order valence-corrected chi connectivity index (χ2v) is 7.52. The molecule has 0 bridgehead atoms. The van der Waals surface area contributed by atoms with Crippen molar-refractivity contribution in [1.82, 2.24) is 10.3 Å². The predicted octanol–water partition coefficient (Wildman–Crippen LogP) is 2.56. The first-order valence-corrected chi connectivity index (χ1v) is 9.90. The molecule has 7 heteroatoms. The summed E-state index contributed by atoms with van der Waals surface area (Å²) < 4.78 is 11.1. The van der Waals surface area contributed by atoms with E-state index in [1.54, 1.807) is 6.20 Å². The predicted molar refractivity (Wildman–Crippen MR) is 102 cm³/mol. The van der Waals surface area contributed by atoms with Crippen LogP contribution in [0.25, 0.3) is 11.3 Å². The highest BCUT2D eigenvalue weighted by atomic mass is 32.1. The van der Waals surface area contributed by atoms with E-state index in [9.17, 15) is 4.79 Å². The van der Waals surface area contributed by atoms with Gasteiger partial charge in [0.15, 0.2) is 0 Å². The number of hydrogen-bond donors (Lipinski definition) is 1. The van der Waals surface area contributed by atoms with Gasteiger partial charge in [-0.15, -0.1) is 11.3 Å². The molecule has 0 radical (unpaired) electrons. The van der Waals surface area contributed by atoms with Crippen molar-refractivity contribution >= 4 is 22.2 Å². The normalized spacial score (nSPS) is 20.3. The molecular weight excluding hydrogens is 350 g/mol. The van der Waals surface area contributed by atoms with Gasteiger partial charge in [0.1, 0.15) is 5.00 Å². The van der Waals surface area contributed by atoms with E-state index in [2.05, 4.69) is 15.2 Å². The Hall–Kier alpha value is -1.96. The highest BCUT2D eigenvalue weighted by Gasteiger charge is 2.23. The van der Waals surface area contributed by atoms with E-state index in [4.69, 9.17) is 9.47 Å². The first-order valence-electron chi connectivity index (χ1n) is 9.09. The van der Waals surface area contributed by atoms with E-state index in [0.717, 1.165) is 48.8 Å². The van der Waals surface area contributed by atoms with Crippen LogP contribution < -0.4 is 10.2 Å². The molecule has 0 saturated carbocycles. The molecule has 0 aromatic carbocycles. The van der Waals surface area contributed by atoms with E-state index >= 15 is 0 Å². The largest absolute Gasteiger partial charge is 0.378 e. The summed E-state index contributed by atoms with van der Waals surface area (Å²) in [4.78, 5) is 20.1. The Morgan fingerprint density at radius 3 is 2.92 bits per heavy atom. The average molecular weight is 373 g/mol. The van der Waals surface area contributed by atoms with Crippen LogP contribution in [0.3, 0.4) is 0 Å². The molecule has 2 saturated heterocycles. The highest BCUT2D eigenvalue weighted by molar-refractivity contribution is 7.18. The maximum Gasteiger partial charge on any atom is 0.261 e. The SMILES string of the molecule is O=C(NCC1CCCO1)c1cc(-c2ccccn2)c(N2CCOCC2)s1. The lowest BCUT2D eigenvalue weighted by atomic mass is 10.1. The second-order valence-electron chi connectivity index (χ2n) is 6.49. The van der Waals surface area contributed by atoms with Gasteiger partial charge in [-0.05, 0) is 31.0 Å². The van der Waals surface area contributed by atoms with Crippen molar-refractivity contribution in [2.24, 2.45) is 0 Å². The first kappa shape index (κ1) is 17.5. The van der Waals surface area contributed by atoms with Crippen molar-refractivity contribution in [1.29, 1.82) is 0 Å². The fraction of sp³-hybridized carbons (Fsp3) is 0.474. The van der Waals surface area contributed by atoms with Crippen LogP contribution in [-0.4, -0.2) is 56.5 Å². The Labute approximate surface area is 157 Å². The molecular formula is C19H23N3O3S. The zero-order valence-electron chi connectivity index (χ0n) is 14.6. The number of anilines is 1. The summed E-state index contributed by atoms with van der Waals surface area (Å²) >= 11 is 1.53. The highest BCUT2D eigenvalue weighted by Crippen LogP contribution is 2.38. The molecule has 2 aliphatic rings. The fourth-order valence-corrected chi connectivity index (χ4v) is 4.43. The van der Waals surface area contributed by atoms with Crippen LogP contribution in [0, 0.1) is 0 Å². The van der Waals surface area contributed by atoms with Crippen molar-refractivity contribution in [3.63, 3.8) is 0 Å². The number of carbonyl (C=O) groups is 1. The van der Waals surface area contributed by atoms with Gasteiger partial charge in [0.2, 0.25) is 0 Å². The lowest BCUT2D eigenvalue weighted by Crippen LogP contribution is -2.36. The summed E-state index contributed by atoms with van der Waals surface area (Å²) in [6.45, 7) is 4.45. The number of thiophene rings is 1. The van der Waals surface area contributed by atoms with Gasteiger partial charge in [-0.25, -0.2) is 0 Å². The Bertz CT molecular complexity index is 738. The Morgan fingerprint density at radius 1 is 1.31 bits per heavy atom. The summed E-state index contributed by atoms with van der Waals surface area (Å²) in [6, 6.07) is 7.82. The van der Waals surface area contributed by atoms with Gasteiger partial charge in [0.05, 0.1) is 29.9 Å². The number of amides is 1. The molecule has 6 nitrogen and oxygen atoms in total. The minimum Gasteiger partial charge on any atom is -0.378 e. The molecule has 2 aliphatic heterocycles. The summed E-state index contributed by atoms with van der Waals surface area (Å²) in [7, 11) is 0. The third kappa shape index (κ3) is 3.90. The number of carbonyl (C=O) groups excluding carboxylic acids is 1. The van der Waals surface area contributed by atoms with Crippen molar-refractivity contribution in [2.45, 2.75) is 18.9 Å². The summed E-state index contributed by atoms with van der Waals surface area (Å²) in [5, 5.41) is 4.11. The molecule has 1 atom stereocenters. The minimum atomic E-state index is -0.0396. The molecule has 4 heterocycles. The maximum absolute atomic E-state index is 12.7. The van der Waals surface area contributed by atoms with E-state index in [1.165, 1.54) is 11.3 Å². The summed E-state index contributed by atoms with van der Waals surface area (Å²) in [6.07, 6.45) is 4.02. The smallest absolute Gasteiger partial charge is 0.261 e. The lowest BCUT2D eigenvalue weighted by molar-refractivity contribution is 0.0861. The molecule has 4 rings (SSSR count). The Kier molecular flexibility index (Phi) is 5.48. The van der Waals surface area contributed by atoms with Crippen molar-refractivity contribution in [3.05, 3.63) is 35.3 Å². The monoisotopic (exact) mass is 373 g/mol. The molecule has 1 N–H and O–H groups in total. The van der Waals surface area contributed by atoms with Crippen LogP contribution in [0.4, 0.5) is 5.00 Å². The van der Waals surface area contributed by atoms with Crippen LogP contribution in [-0.2, 0) is 9.47 Å². The van der Waals surface area contributed by atoms with Gasteiger partial charge in [0, 0.05) is 38.0 Å². The number of hydrogen-bond acceptors (Lipinski definition) is 6. The number of pyridine rings is 1. The topological polar surface area (TPSA) is 63.7 Å². The van der Waals surface area contributed by atoms with Gasteiger partial charge in [0.25, 0.3) is 5.91 Å². The second kappa shape index (κ2) is 8.16. The average Bonchev–Trinajstić information content (AvgIpc) is 3.37. The van der Waals surface area contributed by atoms with Gasteiger partial charge in [-0.2, -0.15) is 0 Å². The van der Waals surface area contributed by atoms with Crippen molar-refractivity contribution in [3.8, 4) is 11.3 Å². The van der Waals surface area contributed by atoms with Crippen LogP contribution in [0.15, 0.2) is 30.5 Å². The van der Waals surface area contributed by atoms with Crippen LogP contribution in [0.5, 0.6) is 0 Å². The lowest BCUT2D eigenvalue weighted by Gasteiger charge is -2.28. The van der Waals surface area contributed by atoms with Crippen LogP contribution in [0.1, 0.15) is 22.5 Å². The standard InChI is InChI=1S/C19H23N3O3S/c23-18(21-13-14-4-3-9-25-14)17-12-15(16-5-1-2-6-20-16)19(26-17)22-7-10-24-11-8-22/h1-2,5-6,12,14H,3-4,7-11,13H2,(H,21,23). The van der Waals surface area contributed by atoms with Gasteiger partial charge < -0.3 is 19.7 Å². The van der Waals surface area contributed by atoms with Crippen molar-refractivity contribution < 1.29 is 14.3 Å². The summed E-state index contributed by atoms with van der Waals surface area (Å²) in [5.41, 5.74) is 1.91. The minimum absolute atomic E-state index is 0.0396. The van der Waals surface area contributed by atoms with Gasteiger partial charge in [-0.3, -0.25) is 9.78 Å².